The molecule has 0 aliphatic heterocycles. The van der Waals surface area contributed by atoms with Crippen LogP contribution in [0, 0.1) is 6.92 Å². The molecule has 1 saturated carbocycles. The Bertz CT molecular complexity index is 1550. The van der Waals surface area contributed by atoms with E-state index in [1.165, 1.54) is 5.56 Å². The van der Waals surface area contributed by atoms with Gasteiger partial charge < -0.3 is 15.2 Å². The third-order valence-corrected chi connectivity index (χ3v) is 7.13. The summed E-state index contributed by atoms with van der Waals surface area (Å²) in [6.45, 7) is 3.29. The van der Waals surface area contributed by atoms with Crippen LogP contribution in [0.5, 0.6) is 0 Å². The van der Waals surface area contributed by atoms with Crippen molar-refractivity contribution in [1.82, 2.24) is 19.4 Å². The lowest BCUT2D eigenvalue weighted by atomic mass is 9.81. The van der Waals surface area contributed by atoms with Gasteiger partial charge in [-0.05, 0) is 37.5 Å². The molecule has 36 heavy (non-hydrogen) atoms. The number of nitrogens with two attached hydrogens (primary N) is 1. The minimum Gasteiger partial charge on any atom is -0.382 e. The van der Waals surface area contributed by atoms with Crippen molar-refractivity contribution < 1.29 is 9.47 Å². The highest BCUT2D eigenvalue weighted by Crippen LogP contribution is 2.41. The summed E-state index contributed by atoms with van der Waals surface area (Å²) in [5.74, 6) is 1.63. The molecular formula is C29H29N5O2. The molecule has 2 unspecified atom stereocenters. The second kappa shape index (κ2) is 9.33. The van der Waals surface area contributed by atoms with Crippen LogP contribution in [0.4, 0.5) is 5.82 Å². The summed E-state index contributed by atoms with van der Waals surface area (Å²) in [7, 11) is 1.69. The number of rotatable bonds is 7. The van der Waals surface area contributed by atoms with E-state index in [1.807, 2.05) is 24.4 Å². The topological polar surface area (TPSA) is 87.6 Å². The van der Waals surface area contributed by atoms with Gasteiger partial charge >= 0.3 is 0 Å². The zero-order valence-corrected chi connectivity index (χ0v) is 20.5. The highest BCUT2D eigenvalue weighted by atomic mass is 16.5. The van der Waals surface area contributed by atoms with Crippen LogP contribution in [0.1, 0.15) is 30.1 Å². The van der Waals surface area contributed by atoms with E-state index >= 15 is 0 Å². The quantitative estimate of drug-likeness (QED) is 0.314. The molecule has 2 N–H and O–H groups in total. The lowest BCUT2D eigenvalue weighted by Gasteiger charge is -2.35. The molecule has 0 saturated heterocycles. The number of methoxy groups -OCH3 is 1. The number of pyridine rings is 1. The minimum atomic E-state index is 0.127. The Morgan fingerprint density at radius 2 is 1.86 bits per heavy atom. The van der Waals surface area contributed by atoms with E-state index in [9.17, 15) is 0 Å². The zero-order chi connectivity index (χ0) is 24.6. The fourth-order valence-corrected chi connectivity index (χ4v) is 5.10. The number of imidazole rings is 1. The van der Waals surface area contributed by atoms with Crippen LogP contribution in [0.2, 0.25) is 0 Å². The Kier molecular flexibility index (Phi) is 5.87. The summed E-state index contributed by atoms with van der Waals surface area (Å²) < 4.78 is 13.3. The maximum absolute atomic E-state index is 6.40. The number of nitrogen functional groups attached to an aromatic ring is 1. The Morgan fingerprint density at radius 3 is 2.64 bits per heavy atom. The highest BCUT2D eigenvalue weighted by Gasteiger charge is 2.37. The number of fused-ring (bicyclic) bond motifs is 2. The van der Waals surface area contributed by atoms with Gasteiger partial charge in [-0.2, -0.15) is 0 Å². The van der Waals surface area contributed by atoms with Crippen molar-refractivity contribution in [2.24, 2.45) is 0 Å². The summed E-state index contributed by atoms with van der Waals surface area (Å²) in [6, 6.07) is 18.7. The van der Waals surface area contributed by atoms with E-state index < -0.39 is 0 Å². The molecule has 1 aliphatic rings. The fourth-order valence-electron chi connectivity index (χ4n) is 5.10. The molecule has 7 nitrogen and oxygen atoms in total. The van der Waals surface area contributed by atoms with Gasteiger partial charge in [0.2, 0.25) is 0 Å². The van der Waals surface area contributed by atoms with Gasteiger partial charge in [-0.1, -0.05) is 42.5 Å². The third kappa shape index (κ3) is 3.90. The number of aryl methyl sites for hydroxylation is 1. The number of hydrogen-bond donors (Lipinski definition) is 1. The molecule has 2 atom stereocenters. The van der Waals surface area contributed by atoms with Crippen LogP contribution in [-0.2, 0) is 9.47 Å². The van der Waals surface area contributed by atoms with Crippen molar-refractivity contribution in [2.75, 3.05) is 26.1 Å². The first kappa shape index (κ1) is 22.6. The van der Waals surface area contributed by atoms with Gasteiger partial charge in [0.15, 0.2) is 0 Å². The molecule has 5 aromatic rings. The van der Waals surface area contributed by atoms with Crippen molar-refractivity contribution in [3.63, 3.8) is 0 Å². The first-order valence-electron chi connectivity index (χ1n) is 12.3. The molecule has 7 heteroatoms. The molecule has 0 amide bonds. The average Bonchev–Trinajstić information content (AvgIpc) is 3.26. The second-order valence-electron chi connectivity index (χ2n) is 9.36. The van der Waals surface area contributed by atoms with Crippen LogP contribution < -0.4 is 5.73 Å². The van der Waals surface area contributed by atoms with Crippen LogP contribution in [-0.4, -0.2) is 45.8 Å². The highest BCUT2D eigenvalue weighted by molar-refractivity contribution is 5.92. The Hall–Kier alpha value is -3.81. The molecule has 182 valence electrons. The van der Waals surface area contributed by atoms with Crippen LogP contribution in [0.15, 0.2) is 67.0 Å². The number of nitrogens with zero attached hydrogens (tertiary/aromatic N) is 4. The van der Waals surface area contributed by atoms with E-state index in [1.54, 1.807) is 13.3 Å². The maximum atomic E-state index is 6.40. The third-order valence-electron chi connectivity index (χ3n) is 7.13. The molecule has 1 fully saturated rings. The van der Waals surface area contributed by atoms with Gasteiger partial charge in [0, 0.05) is 41.9 Å². The Labute approximate surface area is 209 Å². The van der Waals surface area contributed by atoms with Crippen molar-refractivity contribution in [1.29, 1.82) is 0 Å². The molecule has 1 aliphatic carbocycles. The molecule has 3 aromatic heterocycles. The van der Waals surface area contributed by atoms with E-state index in [2.05, 4.69) is 52.7 Å². The van der Waals surface area contributed by atoms with Crippen molar-refractivity contribution >= 4 is 22.2 Å². The zero-order valence-electron chi connectivity index (χ0n) is 20.5. The Balaban J connectivity index is 1.45. The average molecular weight is 480 g/mol. The van der Waals surface area contributed by atoms with Gasteiger partial charge in [-0.25, -0.2) is 15.0 Å². The summed E-state index contributed by atoms with van der Waals surface area (Å²) in [4.78, 5) is 14.5. The van der Waals surface area contributed by atoms with Gasteiger partial charge in [-0.3, -0.25) is 4.40 Å². The standard InChI is InChI=1S/C29H29N5O2/c1-18-16-23(19-6-4-3-5-7-19)32-24-17-20(8-9-21(18)24)26-27-28(30)31-12-13-34(27)29(33-26)22-10-11-25(22)36-15-14-35-2/h3-9,12-13,16-17,22,25H,10-11,14-15H2,1-2H3,(H2,30,31). The molecule has 0 bridgehead atoms. The van der Waals surface area contributed by atoms with Crippen LogP contribution in [0.25, 0.3) is 38.9 Å². The number of aromatic nitrogens is 4. The number of hydrogen-bond acceptors (Lipinski definition) is 6. The second-order valence-corrected chi connectivity index (χ2v) is 9.36. The lowest BCUT2D eigenvalue weighted by molar-refractivity contribution is -0.0385. The lowest BCUT2D eigenvalue weighted by Crippen LogP contribution is -2.34. The van der Waals surface area contributed by atoms with Crippen LogP contribution >= 0.6 is 0 Å². The molecule has 2 aromatic carbocycles. The summed E-state index contributed by atoms with van der Waals surface area (Å²) in [5, 5.41) is 1.12. The largest absolute Gasteiger partial charge is 0.382 e. The minimum absolute atomic E-state index is 0.127. The van der Waals surface area contributed by atoms with E-state index in [-0.39, 0.29) is 12.0 Å². The van der Waals surface area contributed by atoms with Crippen molar-refractivity contribution in [2.45, 2.75) is 31.8 Å². The first-order valence-corrected chi connectivity index (χ1v) is 12.3. The van der Waals surface area contributed by atoms with E-state index in [0.29, 0.717) is 19.0 Å². The van der Waals surface area contributed by atoms with Gasteiger partial charge in [0.1, 0.15) is 22.9 Å². The van der Waals surface area contributed by atoms with Gasteiger partial charge in [-0.15, -0.1) is 0 Å². The molecule has 0 spiro atoms. The fraction of sp³-hybridized carbons (Fsp3) is 0.276. The van der Waals surface area contributed by atoms with Crippen molar-refractivity contribution in [3.8, 4) is 22.5 Å². The molecule has 6 rings (SSSR count). The predicted molar refractivity (Wildman–Crippen MR) is 142 cm³/mol. The molecule has 3 heterocycles. The summed E-state index contributed by atoms with van der Waals surface area (Å²) in [5.41, 5.74) is 13.2. The van der Waals surface area contributed by atoms with Gasteiger partial charge in [0.05, 0.1) is 30.5 Å². The molecular weight excluding hydrogens is 450 g/mol. The summed E-state index contributed by atoms with van der Waals surface area (Å²) >= 11 is 0. The smallest absolute Gasteiger partial charge is 0.150 e. The number of anilines is 1. The maximum Gasteiger partial charge on any atom is 0.150 e. The predicted octanol–water partition coefficient (Wildman–Crippen LogP) is 5.41. The van der Waals surface area contributed by atoms with Gasteiger partial charge in [0.25, 0.3) is 0 Å². The number of ether oxygens (including phenoxy) is 2. The summed E-state index contributed by atoms with van der Waals surface area (Å²) in [6.07, 6.45) is 5.84. The first-order chi connectivity index (χ1) is 17.6. The number of benzene rings is 2. The SMILES string of the molecule is COCCOC1CCC1c1nc(-c2ccc3c(C)cc(-c4ccccc4)nc3c2)c2c(N)nccn12. The normalized spacial score (nSPS) is 17.5. The van der Waals surface area contributed by atoms with Crippen LogP contribution in [0.3, 0.4) is 0 Å². The van der Waals surface area contributed by atoms with E-state index in [4.69, 9.17) is 25.2 Å². The van der Waals surface area contributed by atoms with E-state index in [0.717, 1.165) is 57.6 Å². The Morgan fingerprint density at radius 1 is 1.00 bits per heavy atom. The monoisotopic (exact) mass is 479 g/mol. The van der Waals surface area contributed by atoms with Crippen molar-refractivity contribution in [3.05, 3.63) is 78.4 Å². The molecule has 0 radical (unpaired) electrons.